The Kier molecular flexibility index (Phi) is 5.65. The number of nitrogens with two attached hydrogens (primary N) is 1. The highest BCUT2D eigenvalue weighted by Gasteiger charge is 2.11. The van der Waals surface area contributed by atoms with Crippen molar-refractivity contribution in [2.24, 2.45) is 5.73 Å². The van der Waals surface area contributed by atoms with Crippen LogP contribution in [0, 0.1) is 0 Å². The molecule has 25 heavy (non-hydrogen) atoms. The maximum absolute atomic E-state index is 12.5. The summed E-state index contributed by atoms with van der Waals surface area (Å²) in [6.07, 6.45) is 6.29. The molecule has 3 aromatic rings. The first-order chi connectivity index (χ1) is 12.3. The molecule has 1 amide bonds. The highest BCUT2D eigenvalue weighted by Crippen LogP contribution is 2.18. The van der Waals surface area contributed by atoms with E-state index in [4.69, 9.17) is 5.73 Å². The SMILES string of the molecule is NCCN(CCc1c[nH]c2ccccc12)C(=O)/C=C/c1ccccc1. The van der Waals surface area contributed by atoms with Gasteiger partial charge in [-0.2, -0.15) is 0 Å². The van der Waals surface area contributed by atoms with Gasteiger partial charge in [0, 0.05) is 42.8 Å². The summed E-state index contributed by atoms with van der Waals surface area (Å²) in [5, 5.41) is 1.21. The van der Waals surface area contributed by atoms with Crippen LogP contribution in [0.25, 0.3) is 17.0 Å². The summed E-state index contributed by atoms with van der Waals surface area (Å²) in [6, 6.07) is 18.0. The average molecular weight is 333 g/mol. The molecule has 3 rings (SSSR count). The van der Waals surface area contributed by atoms with E-state index < -0.39 is 0 Å². The summed E-state index contributed by atoms with van der Waals surface area (Å²) < 4.78 is 0. The number of aromatic amines is 1. The number of amides is 1. The Balaban J connectivity index is 1.66. The van der Waals surface area contributed by atoms with Gasteiger partial charge in [0.2, 0.25) is 5.91 Å². The normalized spacial score (nSPS) is 11.2. The molecular weight excluding hydrogens is 310 g/mol. The Morgan fingerprint density at radius 3 is 2.60 bits per heavy atom. The number of aromatic nitrogens is 1. The summed E-state index contributed by atoms with van der Waals surface area (Å²) in [4.78, 5) is 17.6. The molecular formula is C21H23N3O. The van der Waals surface area contributed by atoms with Crippen LogP contribution in [0.3, 0.4) is 0 Å². The lowest BCUT2D eigenvalue weighted by Crippen LogP contribution is -2.35. The number of carbonyl (C=O) groups excluding carboxylic acids is 1. The molecule has 2 aromatic carbocycles. The summed E-state index contributed by atoms with van der Waals surface area (Å²) in [7, 11) is 0. The van der Waals surface area contributed by atoms with Crippen LogP contribution in [-0.4, -0.2) is 35.4 Å². The molecule has 0 saturated heterocycles. The second-order valence-corrected chi connectivity index (χ2v) is 5.97. The average Bonchev–Trinajstić information content (AvgIpc) is 3.07. The van der Waals surface area contributed by atoms with Crippen LogP contribution >= 0.6 is 0 Å². The van der Waals surface area contributed by atoms with E-state index in [1.54, 1.807) is 11.0 Å². The smallest absolute Gasteiger partial charge is 0.246 e. The molecule has 0 radical (unpaired) electrons. The minimum absolute atomic E-state index is 0.00542. The Bertz CT molecular complexity index is 852. The van der Waals surface area contributed by atoms with Crippen molar-refractivity contribution in [2.75, 3.05) is 19.6 Å². The van der Waals surface area contributed by atoms with Crippen LogP contribution in [-0.2, 0) is 11.2 Å². The fraction of sp³-hybridized carbons (Fsp3) is 0.190. The molecule has 4 heteroatoms. The minimum atomic E-state index is -0.00542. The van der Waals surface area contributed by atoms with Crippen molar-refractivity contribution in [1.29, 1.82) is 0 Å². The Morgan fingerprint density at radius 1 is 1.04 bits per heavy atom. The van der Waals surface area contributed by atoms with Crippen molar-refractivity contribution < 1.29 is 4.79 Å². The molecule has 0 bridgehead atoms. The van der Waals surface area contributed by atoms with Crippen LogP contribution in [0.1, 0.15) is 11.1 Å². The van der Waals surface area contributed by atoms with Crippen molar-refractivity contribution in [3.8, 4) is 0 Å². The summed E-state index contributed by atoms with van der Waals surface area (Å²) in [6.45, 7) is 1.66. The first-order valence-electron chi connectivity index (χ1n) is 8.55. The first kappa shape index (κ1) is 17.0. The second kappa shape index (κ2) is 8.31. The van der Waals surface area contributed by atoms with E-state index in [0.717, 1.165) is 17.5 Å². The number of benzene rings is 2. The first-order valence-corrected chi connectivity index (χ1v) is 8.55. The van der Waals surface area contributed by atoms with Crippen LogP contribution in [0.4, 0.5) is 0 Å². The lowest BCUT2D eigenvalue weighted by molar-refractivity contribution is -0.125. The van der Waals surface area contributed by atoms with Crippen molar-refractivity contribution in [1.82, 2.24) is 9.88 Å². The number of H-pyrrole nitrogens is 1. The van der Waals surface area contributed by atoms with Gasteiger partial charge in [0.25, 0.3) is 0 Å². The van der Waals surface area contributed by atoms with E-state index in [-0.39, 0.29) is 5.91 Å². The molecule has 0 fully saturated rings. The zero-order valence-electron chi connectivity index (χ0n) is 14.2. The third-order valence-corrected chi connectivity index (χ3v) is 4.25. The monoisotopic (exact) mass is 333 g/mol. The van der Waals surface area contributed by atoms with E-state index in [0.29, 0.717) is 19.6 Å². The van der Waals surface area contributed by atoms with Gasteiger partial charge in [-0.3, -0.25) is 4.79 Å². The molecule has 1 aromatic heterocycles. The van der Waals surface area contributed by atoms with Crippen LogP contribution in [0.5, 0.6) is 0 Å². The molecule has 0 aliphatic carbocycles. The molecule has 0 saturated carbocycles. The standard InChI is InChI=1S/C21H23N3O/c22-13-15-24(21(25)11-10-17-6-2-1-3-7-17)14-12-18-16-23-20-9-5-4-8-19(18)20/h1-11,16,23H,12-15,22H2/b11-10+. The number of para-hydroxylation sites is 1. The summed E-state index contributed by atoms with van der Waals surface area (Å²) in [5.41, 5.74) is 9.05. The number of hydrogen-bond donors (Lipinski definition) is 2. The molecule has 3 N–H and O–H groups in total. The van der Waals surface area contributed by atoms with E-state index in [1.165, 1.54) is 10.9 Å². The predicted octanol–water partition coefficient (Wildman–Crippen LogP) is 3.21. The Labute approximate surface area is 148 Å². The maximum atomic E-state index is 12.5. The van der Waals surface area contributed by atoms with Gasteiger partial charge in [-0.25, -0.2) is 0 Å². The lowest BCUT2D eigenvalue weighted by atomic mass is 10.1. The second-order valence-electron chi connectivity index (χ2n) is 5.97. The van der Waals surface area contributed by atoms with Gasteiger partial charge in [-0.1, -0.05) is 48.5 Å². The van der Waals surface area contributed by atoms with Crippen LogP contribution in [0.2, 0.25) is 0 Å². The highest BCUT2D eigenvalue weighted by molar-refractivity contribution is 5.92. The Hall–Kier alpha value is -2.85. The van der Waals surface area contributed by atoms with Gasteiger partial charge < -0.3 is 15.6 Å². The number of nitrogens with one attached hydrogen (secondary N) is 1. The number of hydrogen-bond acceptors (Lipinski definition) is 2. The zero-order chi connectivity index (χ0) is 17.5. The van der Waals surface area contributed by atoms with Gasteiger partial charge >= 0.3 is 0 Å². The molecule has 128 valence electrons. The number of carbonyl (C=O) groups is 1. The largest absolute Gasteiger partial charge is 0.361 e. The highest BCUT2D eigenvalue weighted by atomic mass is 16.2. The minimum Gasteiger partial charge on any atom is -0.361 e. The quantitative estimate of drug-likeness (QED) is 0.652. The van der Waals surface area contributed by atoms with E-state index in [2.05, 4.69) is 17.1 Å². The third-order valence-electron chi connectivity index (χ3n) is 4.25. The molecule has 0 aliphatic heterocycles. The van der Waals surface area contributed by atoms with E-state index >= 15 is 0 Å². The van der Waals surface area contributed by atoms with Crippen molar-refractivity contribution in [3.05, 3.63) is 78.0 Å². The van der Waals surface area contributed by atoms with Gasteiger partial charge in [-0.15, -0.1) is 0 Å². The van der Waals surface area contributed by atoms with Gasteiger partial charge in [-0.05, 0) is 29.7 Å². The van der Waals surface area contributed by atoms with Gasteiger partial charge in [0.05, 0.1) is 0 Å². The van der Waals surface area contributed by atoms with Gasteiger partial charge in [0.1, 0.15) is 0 Å². The fourth-order valence-corrected chi connectivity index (χ4v) is 2.92. The van der Waals surface area contributed by atoms with Crippen molar-refractivity contribution in [2.45, 2.75) is 6.42 Å². The van der Waals surface area contributed by atoms with Crippen LogP contribution < -0.4 is 5.73 Å². The number of fused-ring (bicyclic) bond motifs is 1. The molecule has 1 heterocycles. The van der Waals surface area contributed by atoms with Crippen LogP contribution in [0.15, 0.2) is 66.9 Å². The fourth-order valence-electron chi connectivity index (χ4n) is 2.92. The Morgan fingerprint density at radius 2 is 1.80 bits per heavy atom. The lowest BCUT2D eigenvalue weighted by Gasteiger charge is -2.20. The van der Waals surface area contributed by atoms with E-state index in [9.17, 15) is 4.79 Å². The molecule has 0 aliphatic rings. The van der Waals surface area contributed by atoms with Crippen molar-refractivity contribution >= 4 is 22.9 Å². The number of rotatable bonds is 7. The van der Waals surface area contributed by atoms with Crippen molar-refractivity contribution in [3.63, 3.8) is 0 Å². The predicted molar refractivity (Wildman–Crippen MR) is 103 cm³/mol. The van der Waals surface area contributed by atoms with Gasteiger partial charge in [0.15, 0.2) is 0 Å². The summed E-state index contributed by atoms with van der Waals surface area (Å²) in [5.74, 6) is -0.00542. The molecule has 0 atom stereocenters. The maximum Gasteiger partial charge on any atom is 0.246 e. The van der Waals surface area contributed by atoms with E-state index in [1.807, 2.05) is 54.7 Å². The zero-order valence-corrected chi connectivity index (χ0v) is 14.2. The molecule has 0 spiro atoms. The topological polar surface area (TPSA) is 62.1 Å². The molecule has 0 unspecified atom stereocenters. The molecule has 4 nitrogen and oxygen atoms in total. The third kappa shape index (κ3) is 4.37. The summed E-state index contributed by atoms with van der Waals surface area (Å²) >= 11 is 0. The number of nitrogens with zero attached hydrogens (tertiary/aromatic N) is 1.